The van der Waals surface area contributed by atoms with Crippen LogP contribution >= 0.6 is 0 Å². The van der Waals surface area contributed by atoms with Crippen LogP contribution in [0.5, 0.6) is 0 Å². The first kappa shape index (κ1) is 16.4. The topological polar surface area (TPSA) is 38.3 Å². The summed E-state index contributed by atoms with van der Waals surface area (Å²) in [7, 11) is -0.704. The molecule has 118 valence electrons. The van der Waals surface area contributed by atoms with Gasteiger partial charge in [-0.1, -0.05) is 20.8 Å². The van der Waals surface area contributed by atoms with Crippen LogP contribution in [-0.4, -0.2) is 40.5 Å². The lowest BCUT2D eigenvalue weighted by molar-refractivity contribution is 0.0987. The number of hydrogen-bond donors (Lipinski definition) is 1. The van der Waals surface area contributed by atoms with Crippen LogP contribution in [0.15, 0.2) is 0 Å². The van der Waals surface area contributed by atoms with E-state index in [4.69, 9.17) is 4.74 Å². The average molecular weight is 301 g/mol. The molecule has 3 nitrogen and oxygen atoms in total. The molecule has 4 heteroatoms. The van der Waals surface area contributed by atoms with Gasteiger partial charge in [-0.3, -0.25) is 4.21 Å². The Bertz CT molecular complexity index is 316. The van der Waals surface area contributed by atoms with E-state index in [2.05, 4.69) is 26.1 Å². The number of rotatable bonds is 5. The average Bonchev–Trinajstić information content (AvgIpc) is 2.48. The van der Waals surface area contributed by atoms with Crippen molar-refractivity contribution in [3.05, 3.63) is 0 Å². The fourth-order valence-corrected chi connectivity index (χ4v) is 5.82. The minimum atomic E-state index is -0.704. The van der Waals surface area contributed by atoms with E-state index in [1.165, 1.54) is 12.8 Å². The van der Waals surface area contributed by atoms with E-state index in [1.54, 1.807) is 0 Å². The summed E-state index contributed by atoms with van der Waals surface area (Å²) < 4.78 is 18.4. The molecular formula is C16H31NO2S. The SMILES string of the molecule is CCNC1CCC(C(C)C)CC1S(=O)C1CCOCC1. The molecule has 0 spiro atoms. The highest BCUT2D eigenvalue weighted by atomic mass is 32.2. The molecule has 1 heterocycles. The third-order valence-corrected chi connectivity index (χ3v) is 7.28. The van der Waals surface area contributed by atoms with Gasteiger partial charge in [-0.15, -0.1) is 0 Å². The summed E-state index contributed by atoms with van der Waals surface area (Å²) >= 11 is 0. The van der Waals surface area contributed by atoms with E-state index in [0.717, 1.165) is 44.9 Å². The molecule has 4 unspecified atom stereocenters. The number of ether oxygens (including phenoxy) is 1. The van der Waals surface area contributed by atoms with Gasteiger partial charge >= 0.3 is 0 Å². The summed E-state index contributed by atoms with van der Waals surface area (Å²) in [5.74, 6) is 1.46. The van der Waals surface area contributed by atoms with Gasteiger partial charge in [-0.2, -0.15) is 0 Å². The maximum absolute atomic E-state index is 13.0. The zero-order valence-electron chi connectivity index (χ0n) is 13.3. The van der Waals surface area contributed by atoms with Gasteiger partial charge in [0.15, 0.2) is 0 Å². The number of nitrogens with one attached hydrogen (secondary N) is 1. The summed E-state index contributed by atoms with van der Waals surface area (Å²) in [6.45, 7) is 9.35. The Balaban J connectivity index is 2.03. The maximum atomic E-state index is 13.0. The molecule has 20 heavy (non-hydrogen) atoms. The van der Waals surface area contributed by atoms with Crippen molar-refractivity contribution in [1.29, 1.82) is 0 Å². The Morgan fingerprint density at radius 1 is 1.20 bits per heavy atom. The molecule has 2 aliphatic rings. The highest BCUT2D eigenvalue weighted by molar-refractivity contribution is 7.86. The molecule has 0 bridgehead atoms. The van der Waals surface area contributed by atoms with Gasteiger partial charge in [-0.25, -0.2) is 0 Å². The molecule has 0 amide bonds. The Morgan fingerprint density at radius 2 is 1.90 bits per heavy atom. The Hall–Kier alpha value is 0.0700. The van der Waals surface area contributed by atoms with Gasteiger partial charge in [0.1, 0.15) is 0 Å². The quantitative estimate of drug-likeness (QED) is 0.848. The molecule has 0 aromatic rings. The smallest absolute Gasteiger partial charge is 0.0506 e. The lowest BCUT2D eigenvalue weighted by atomic mass is 9.79. The lowest BCUT2D eigenvalue weighted by Gasteiger charge is -2.39. The lowest BCUT2D eigenvalue weighted by Crippen LogP contribution is -2.49. The third kappa shape index (κ3) is 4.05. The van der Waals surface area contributed by atoms with Crippen molar-refractivity contribution in [2.75, 3.05) is 19.8 Å². The van der Waals surface area contributed by atoms with Gasteiger partial charge in [0.2, 0.25) is 0 Å². The fourth-order valence-electron chi connectivity index (χ4n) is 3.67. The second kappa shape index (κ2) is 7.90. The third-order valence-electron chi connectivity index (χ3n) is 5.04. The molecule has 2 rings (SSSR count). The first-order valence-corrected chi connectivity index (χ1v) is 9.61. The van der Waals surface area contributed by atoms with Crippen LogP contribution < -0.4 is 5.32 Å². The van der Waals surface area contributed by atoms with E-state index < -0.39 is 10.8 Å². The van der Waals surface area contributed by atoms with E-state index in [-0.39, 0.29) is 0 Å². The molecule has 0 radical (unpaired) electrons. The molecule has 2 fully saturated rings. The Morgan fingerprint density at radius 3 is 2.50 bits per heavy atom. The Kier molecular flexibility index (Phi) is 6.50. The van der Waals surface area contributed by atoms with Crippen LogP contribution in [0.4, 0.5) is 0 Å². The molecule has 1 saturated heterocycles. The minimum absolute atomic E-state index is 0.346. The van der Waals surface area contributed by atoms with Crippen LogP contribution in [0.1, 0.15) is 52.9 Å². The summed E-state index contributed by atoms with van der Waals surface area (Å²) in [6, 6.07) is 0.457. The van der Waals surface area contributed by atoms with Gasteiger partial charge in [0.05, 0.1) is 5.25 Å². The standard InChI is InChI=1S/C16H31NO2S/c1-4-17-15-6-5-13(12(2)3)11-16(15)20(18)14-7-9-19-10-8-14/h12-17H,4-11H2,1-3H3. The zero-order valence-corrected chi connectivity index (χ0v) is 14.1. The maximum Gasteiger partial charge on any atom is 0.0506 e. The van der Waals surface area contributed by atoms with E-state index in [9.17, 15) is 4.21 Å². The molecule has 0 aromatic carbocycles. The molecular weight excluding hydrogens is 270 g/mol. The van der Waals surface area contributed by atoms with Crippen molar-refractivity contribution in [2.24, 2.45) is 11.8 Å². The molecule has 0 aromatic heterocycles. The first-order valence-electron chi connectivity index (χ1n) is 8.34. The van der Waals surface area contributed by atoms with Gasteiger partial charge in [-0.05, 0) is 50.5 Å². The largest absolute Gasteiger partial charge is 0.381 e. The van der Waals surface area contributed by atoms with E-state index >= 15 is 0 Å². The monoisotopic (exact) mass is 301 g/mol. The van der Waals surface area contributed by atoms with Crippen molar-refractivity contribution in [1.82, 2.24) is 5.32 Å². The van der Waals surface area contributed by atoms with Crippen molar-refractivity contribution >= 4 is 10.8 Å². The van der Waals surface area contributed by atoms with Crippen molar-refractivity contribution in [3.8, 4) is 0 Å². The minimum Gasteiger partial charge on any atom is -0.381 e. The van der Waals surface area contributed by atoms with Crippen LogP contribution in [0.2, 0.25) is 0 Å². The predicted octanol–water partition coefficient (Wildman–Crippen LogP) is 2.72. The predicted molar refractivity (Wildman–Crippen MR) is 85.4 cm³/mol. The Labute approximate surface area is 126 Å². The second-order valence-corrected chi connectivity index (χ2v) is 8.59. The molecule has 1 N–H and O–H groups in total. The summed E-state index contributed by atoms with van der Waals surface area (Å²) in [5, 5.41) is 4.30. The zero-order chi connectivity index (χ0) is 14.5. The molecule has 4 atom stereocenters. The fraction of sp³-hybridized carbons (Fsp3) is 1.00. The van der Waals surface area contributed by atoms with Gasteiger partial charge < -0.3 is 10.1 Å². The normalized spacial score (nSPS) is 34.3. The van der Waals surface area contributed by atoms with Crippen molar-refractivity contribution in [3.63, 3.8) is 0 Å². The molecule has 1 aliphatic heterocycles. The molecule has 1 saturated carbocycles. The van der Waals surface area contributed by atoms with E-state index in [1.807, 2.05) is 0 Å². The van der Waals surface area contributed by atoms with Crippen LogP contribution in [0.3, 0.4) is 0 Å². The van der Waals surface area contributed by atoms with Crippen LogP contribution in [0.25, 0.3) is 0 Å². The summed E-state index contributed by atoms with van der Waals surface area (Å²) in [5.41, 5.74) is 0. The van der Waals surface area contributed by atoms with Gasteiger partial charge in [0, 0.05) is 35.3 Å². The van der Waals surface area contributed by atoms with Crippen molar-refractivity contribution in [2.45, 2.75) is 69.4 Å². The van der Waals surface area contributed by atoms with Gasteiger partial charge in [0.25, 0.3) is 0 Å². The first-order chi connectivity index (χ1) is 9.63. The molecule has 1 aliphatic carbocycles. The van der Waals surface area contributed by atoms with Crippen LogP contribution in [-0.2, 0) is 15.5 Å². The summed E-state index contributed by atoms with van der Waals surface area (Å²) in [6.07, 6.45) is 5.58. The second-order valence-electron chi connectivity index (χ2n) is 6.66. The highest BCUT2D eigenvalue weighted by Crippen LogP contribution is 2.34. The summed E-state index contributed by atoms with van der Waals surface area (Å²) in [4.78, 5) is 0. The van der Waals surface area contributed by atoms with E-state index in [0.29, 0.717) is 22.5 Å². The van der Waals surface area contributed by atoms with Crippen molar-refractivity contribution < 1.29 is 8.95 Å². The highest BCUT2D eigenvalue weighted by Gasteiger charge is 2.37. The van der Waals surface area contributed by atoms with Crippen LogP contribution in [0, 0.1) is 11.8 Å². The number of hydrogen-bond acceptors (Lipinski definition) is 3.